The van der Waals surface area contributed by atoms with Crippen molar-refractivity contribution in [3.63, 3.8) is 0 Å². The summed E-state index contributed by atoms with van der Waals surface area (Å²) in [6, 6.07) is 10.8. The molecule has 2 rings (SSSR count). The van der Waals surface area contributed by atoms with Gasteiger partial charge in [-0.1, -0.05) is 0 Å². The van der Waals surface area contributed by atoms with Crippen LogP contribution < -0.4 is 0 Å². The minimum Gasteiger partial charge on any atom is -0.813 e. The maximum absolute atomic E-state index is 6.82. The van der Waals surface area contributed by atoms with Crippen molar-refractivity contribution in [1.82, 2.24) is 6.52 Å². The fraction of sp³-hybridized carbons (Fsp3) is 0.571. The third-order valence-corrected chi connectivity index (χ3v) is 16.3. The first-order valence-corrected chi connectivity index (χ1v) is 12.3. The normalized spacial score (nSPS) is 19.6. The third kappa shape index (κ3) is 3.53. The van der Waals surface area contributed by atoms with Gasteiger partial charge in [-0.05, 0) is 0 Å². The summed E-state index contributed by atoms with van der Waals surface area (Å²) in [6.07, 6.45) is 0. The van der Waals surface area contributed by atoms with Crippen LogP contribution in [0.15, 0.2) is 35.2 Å². The number of benzene rings is 1. The van der Waals surface area contributed by atoms with Gasteiger partial charge in [-0.25, -0.2) is 0 Å². The Kier molecular flexibility index (Phi) is 6.01. The first-order valence-electron chi connectivity index (χ1n) is 6.56. The molecule has 113 valence electrons. The molecule has 0 atom stereocenters. The maximum atomic E-state index is 6.82. The summed E-state index contributed by atoms with van der Waals surface area (Å²) in [6.45, 7) is 13.6. The Bertz CT molecular complexity index is 423. The molecule has 1 aliphatic rings. The average molecular weight is 393 g/mol. The van der Waals surface area contributed by atoms with Gasteiger partial charge in [-0.2, -0.15) is 0 Å². The summed E-state index contributed by atoms with van der Waals surface area (Å²) in [4.78, 5) is 1.38. The predicted octanol–water partition coefficient (Wildman–Crippen LogP) is 3.66. The van der Waals surface area contributed by atoms with Crippen LogP contribution in [-0.4, -0.2) is 31.5 Å². The number of halogens is 1. The molecule has 0 saturated carbocycles. The molecule has 0 N–H and O–H groups in total. The van der Waals surface area contributed by atoms with Crippen molar-refractivity contribution in [1.29, 1.82) is 0 Å². The standard InChI is InChI=1S/C14H23ClGeN2S.H2S/c1-13(2,3)17-16(15)18(14(4,5)6)19(17)12-10-8-7-9-11-12;/h7-11H,1-6H3;1H2/q+1;/p-1. The van der Waals surface area contributed by atoms with Gasteiger partial charge in [0.05, 0.1) is 0 Å². The first kappa shape index (κ1) is 18.7. The van der Waals surface area contributed by atoms with Gasteiger partial charge in [0.2, 0.25) is 0 Å². The molecule has 1 fully saturated rings. The molecule has 0 aliphatic carbocycles. The molecule has 1 heterocycles. The van der Waals surface area contributed by atoms with E-state index in [-0.39, 0.29) is 35.8 Å². The molecule has 0 aromatic heterocycles. The zero-order valence-electron chi connectivity index (χ0n) is 13.0. The molecule has 1 aromatic rings. The molecule has 6 heteroatoms. The van der Waals surface area contributed by atoms with Gasteiger partial charge in [0.25, 0.3) is 0 Å². The van der Waals surface area contributed by atoms with Crippen LogP contribution in [0, 0.1) is 0 Å². The minimum atomic E-state index is -1.82. The molecule has 0 unspecified atom stereocenters. The van der Waals surface area contributed by atoms with Gasteiger partial charge in [0.15, 0.2) is 0 Å². The SMILES string of the molecule is CC(C)(C)[N]1[S+](c2ccccc2)[N](C(C)(C)C)[Ge]1[Cl].[SH-]. The van der Waals surface area contributed by atoms with Crippen LogP contribution in [0.3, 0.4) is 0 Å². The monoisotopic (exact) mass is 393 g/mol. The van der Waals surface area contributed by atoms with E-state index in [0.29, 0.717) is 0 Å². The van der Waals surface area contributed by atoms with E-state index >= 15 is 0 Å². The van der Waals surface area contributed by atoms with E-state index in [1.807, 2.05) is 0 Å². The summed E-state index contributed by atoms with van der Waals surface area (Å²) in [5.74, 6) is 0. The molecule has 1 aliphatic heterocycles. The molecule has 1 aromatic carbocycles. The Hall–Kier alpha value is 0.673. The van der Waals surface area contributed by atoms with E-state index in [4.69, 9.17) is 10.0 Å². The molecule has 0 bridgehead atoms. The van der Waals surface area contributed by atoms with Crippen molar-refractivity contribution in [3.05, 3.63) is 30.3 Å². The van der Waals surface area contributed by atoms with Crippen molar-refractivity contribution in [2.45, 2.75) is 57.5 Å². The van der Waals surface area contributed by atoms with Crippen LogP contribution in [0.2, 0.25) is 0 Å². The second-order valence-electron chi connectivity index (χ2n) is 6.78. The van der Waals surface area contributed by atoms with Crippen molar-refractivity contribution < 1.29 is 0 Å². The zero-order valence-corrected chi connectivity index (χ0v) is 17.6. The number of hydrogen-bond donors (Lipinski definition) is 0. The summed E-state index contributed by atoms with van der Waals surface area (Å²) in [5.41, 5.74) is 0.273. The number of nitrogens with zero attached hydrogens (tertiary/aromatic N) is 2. The third-order valence-electron chi connectivity index (χ3n) is 2.85. The smallest absolute Gasteiger partial charge is 0.813 e. The molecule has 1 saturated heterocycles. The summed E-state index contributed by atoms with van der Waals surface area (Å²) < 4.78 is 5.13. The average Bonchev–Trinajstić information content (AvgIpc) is 2.22. The fourth-order valence-electron chi connectivity index (χ4n) is 2.10. The molecule has 20 heavy (non-hydrogen) atoms. The van der Waals surface area contributed by atoms with E-state index in [9.17, 15) is 0 Å². The first-order chi connectivity index (χ1) is 8.64. The molecule has 1 radical (unpaired) electrons. The molecular formula is C14H24ClGeN2S2. The van der Waals surface area contributed by atoms with Crippen LogP contribution >= 0.6 is 10.0 Å². The summed E-state index contributed by atoms with van der Waals surface area (Å²) in [7, 11) is 6.82. The molecular weight excluding hydrogens is 368 g/mol. The second kappa shape index (κ2) is 6.43. The van der Waals surface area contributed by atoms with Crippen LogP contribution in [0.5, 0.6) is 0 Å². The Morgan fingerprint density at radius 1 is 0.900 bits per heavy atom. The Morgan fingerprint density at radius 3 is 1.65 bits per heavy atom. The second-order valence-corrected chi connectivity index (χ2v) is 14.6. The molecule has 0 amide bonds. The van der Waals surface area contributed by atoms with E-state index in [0.717, 1.165) is 0 Å². The van der Waals surface area contributed by atoms with E-state index in [1.54, 1.807) is 0 Å². The predicted molar refractivity (Wildman–Crippen MR) is 95.6 cm³/mol. The van der Waals surface area contributed by atoms with Gasteiger partial charge < -0.3 is 13.5 Å². The van der Waals surface area contributed by atoms with Crippen LogP contribution in [0.1, 0.15) is 41.5 Å². The van der Waals surface area contributed by atoms with Crippen LogP contribution in [0.25, 0.3) is 0 Å². The van der Waals surface area contributed by atoms with Crippen molar-refractivity contribution >= 4 is 48.6 Å². The van der Waals surface area contributed by atoms with Gasteiger partial charge in [-0.15, -0.1) is 0 Å². The molecule has 2 nitrogen and oxygen atoms in total. The van der Waals surface area contributed by atoms with Crippen molar-refractivity contribution in [3.8, 4) is 0 Å². The van der Waals surface area contributed by atoms with Gasteiger partial charge in [0.1, 0.15) is 0 Å². The molecule has 0 spiro atoms. The summed E-state index contributed by atoms with van der Waals surface area (Å²) >= 11 is -1.82. The topological polar surface area (TPSA) is 6.48 Å². The minimum absolute atomic E-state index is 0. The van der Waals surface area contributed by atoms with Crippen molar-refractivity contribution in [2.75, 3.05) is 0 Å². The Morgan fingerprint density at radius 2 is 1.30 bits per heavy atom. The number of thiol groups is 1. The van der Waals surface area contributed by atoms with Gasteiger partial charge >= 0.3 is 130 Å². The zero-order chi connectivity index (χ0) is 14.4. The van der Waals surface area contributed by atoms with E-state index in [2.05, 4.69) is 78.4 Å². The van der Waals surface area contributed by atoms with Crippen LogP contribution in [-0.2, 0) is 24.8 Å². The summed E-state index contributed by atoms with van der Waals surface area (Å²) in [5, 5.41) is 0. The van der Waals surface area contributed by atoms with Crippen molar-refractivity contribution in [2.24, 2.45) is 0 Å². The van der Waals surface area contributed by atoms with E-state index in [1.165, 1.54) is 4.90 Å². The van der Waals surface area contributed by atoms with Crippen LogP contribution in [0.4, 0.5) is 0 Å². The fourth-order valence-corrected chi connectivity index (χ4v) is 15.8. The maximum Gasteiger partial charge on any atom is -0.813 e. The quantitative estimate of drug-likeness (QED) is 0.312. The largest absolute Gasteiger partial charge is 0.813 e. The number of hydrogen-bond acceptors (Lipinski definition) is 3. The number of rotatable bonds is 1. The Balaban J connectivity index is 0.00000200. The Labute approximate surface area is 142 Å². The van der Waals surface area contributed by atoms with E-state index < -0.39 is 13.9 Å². The van der Waals surface area contributed by atoms with Gasteiger partial charge in [-0.3, -0.25) is 0 Å². The van der Waals surface area contributed by atoms with Gasteiger partial charge in [0, 0.05) is 0 Å².